The van der Waals surface area contributed by atoms with Crippen LogP contribution in [0.3, 0.4) is 0 Å². The predicted molar refractivity (Wildman–Crippen MR) is 82.7 cm³/mol. The number of ether oxygens (including phenoxy) is 2. The highest BCUT2D eigenvalue weighted by Crippen LogP contribution is 2.30. The van der Waals surface area contributed by atoms with Crippen LogP contribution in [0.15, 0.2) is 39.9 Å². The molecule has 1 aliphatic heterocycles. The van der Waals surface area contributed by atoms with E-state index < -0.39 is 10.0 Å². The van der Waals surface area contributed by atoms with E-state index >= 15 is 0 Å². The zero-order valence-corrected chi connectivity index (χ0v) is 13.5. The maximum atomic E-state index is 12.5. The van der Waals surface area contributed by atoms with Crippen LogP contribution in [0.25, 0.3) is 11.3 Å². The Morgan fingerprint density at radius 1 is 1.39 bits per heavy atom. The van der Waals surface area contributed by atoms with Crippen molar-refractivity contribution in [1.29, 1.82) is 0 Å². The Kier molecular flexibility index (Phi) is 4.65. The van der Waals surface area contributed by atoms with Gasteiger partial charge in [-0.1, -0.05) is 5.16 Å². The van der Waals surface area contributed by atoms with Crippen LogP contribution in [0.2, 0.25) is 0 Å². The lowest BCUT2D eigenvalue weighted by molar-refractivity contribution is 0.114. The second-order valence-corrected chi connectivity index (χ2v) is 6.96. The molecule has 7 nitrogen and oxygen atoms in total. The normalized spacial score (nSPS) is 18.2. The molecule has 2 heterocycles. The van der Waals surface area contributed by atoms with E-state index in [-0.39, 0.29) is 23.3 Å². The molecular weight excluding hydrogens is 320 g/mol. The number of hydrogen-bond acceptors (Lipinski definition) is 6. The summed E-state index contributed by atoms with van der Waals surface area (Å²) in [4.78, 5) is 0.0845. The monoisotopic (exact) mass is 338 g/mol. The van der Waals surface area contributed by atoms with E-state index in [9.17, 15) is 8.42 Å². The molecule has 1 fully saturated rings. The summed E-state index contributed by atoms with van der Waals surface area (Å²) in [5.74, 6) is 0.790. The van der Waals surface area contributed by atoms with Crippen LogP contribution < -0.4 is 9.46 Å². The standard InChI is InChI=1S/C15H18N2O5S/c1-20-14-9-11(13-6-7-16-22-13)4-5-15(14)23(18,19)17-10-12-3-2-8-21-12/h4-7,9,12,17H,2-3,8,10H2,1H3. The SMILES string of the molecule is COc1cc(-c2ccno2)ccc1S(=O)(=O)NCC1CCCO1. The second kappa shape index (κ2) is 6.69. The second-order valence-electron chi connectivity index (χ2n) is 5.23. The third-order valence-electron chi connectivity index (χ3n) is 3.70. The van der Waals surface area contributed by atoms with Crippen molar-refractivity contribution in [2.45, 2.75) is 23.8 Å². The summed E-state index contributed by atoms with van der Waals surface area (Å²) in [6.45, 7) is 0.941. The number of rotatable bonds is 6. The lowest BCUT2D eigenvalue weighted by Crippen LogP contribution is -2.32. The van der Waals surface area contributed by atoms with E-state index in [0.717, 1.165) is 12.8 Å². The van der Waals surface area contributed by atoms with Crippen LogP contribution in [0.4, 0.5) is 0 Å². The van der Waals surface area contributed by atoms with Gasteiger partial charge in [0.25, 0.3) is 0 Å². The van der Waals surface area contributed by atoms with Gasteiger partial charge in [0.1, 0.15) is 10.6 Å². The number of nitrogens with zero attached hydrogens (tertiary/aromatic N) is 1. The number of aromatic nitrogens is 1. The van der Waals surface area contributed by atoms with Crippen LogP contribution in [-0.4, -0.2) is 39.9 Å². The average molecular weight is 338 g/mol. The molecule has 2 aromatic rings. The number of sulfonamides is 1. The van der Waals surface area contributed by atoms with Crippen LogP contribution in [0.5, 0.6) is 5.75 Å². The molecule has 0 spiro atoms. The lowest BCUT2D eigenvalue weighted by atomic mass is 10.1. The van der Waals surface area contributed by atoms with E-state index in [1.807, 2.05) is 0 Å². The van der Waals surface area contributed by atoms with Crippen LogP contribution >= 0.6 is 0 Å². The molecule has 0 saturated carbocycles. The highest BCUT2D eigenvalue weighted by atomic mass is 32.2. The Morgan fingerprint density at radius 3 is 2.91 bits per heavy atom. The van der Waals surface area contributed by atoms with Gasteiger partial charge in [-0.3, -0.25) is 0 Å². The summed E-state index contributed by atoms with van der Waals surface area (Å²) in [6.07, 6.45) is 3.28. The van der Waals surface area contributed by atoms with Crippen molar-refractivity contribution in [3.05, 3.63) is 30.5 Å². The Hall–Kier alpha value is -1.90. The predicted octanol–water partition coefficient (Wildman–Crippen LogP) is 1.81. The summed E-state index contributed by atoms with van der Waals surface area (Å²) in [5.41, 5.74) is 0.692. The fourth-order valence-corrected chi connectivity index (χ4v) is 3.71. The summed E-state index contributed by atoms with van der Waals surface area (Å²) in [5, 5.41) is 3.64. The molecule has 124 valence electrons. The van der Waals surface area contributed by atoms with Crippen LogP contribution in [0.1, 0.15) is 12.8 Å². The average Bonchev–Trinajstić information content (AvgIpc) is 3.25. The summed E-state index contributed by atoms with van der Waals surface area (Å²) < 4.78 is 43.3. The number of benzene rings is 1. The van der Waals surface area contributed by atoms with E-state index in [1.54, 1.807) is 18.2 Å². The van der Waals surface area contributed by atoms with Gasteiger partial charge in [0.2, 0.25) is 10.0 Å². The number of methoxy groups -OCH3 is 1. The molecule has 0 aliphatic carbocycles. The molecule has 3 rings (SSSR count). The van der Waals surface area contributed by atoms with Gasteiger partial charge < -0.3 is 14.0 Å². The zero-order valence-electron chi connectivity index (χ0n) is 12.7. The van der Waals surface area contributed by atoms with Gasteiger partial charge in [0.05, 0.1) is 19.4 Å². The molecule has 1 N–H and O–H groups in total. The molecule has 23 heavy (non-hydrogen) atoms. The minimum atomic E-state index is -3.68. The minimum Gasteiger partial charge on any atom is -0.495 e. The van der Waals surface area contributed by atoms with E-state index in [0.29, 0.717) is 17.9 Å². The first-order valence-electron chi connectivity index (χ1n) is 7.30. The van der Waals surface area contributed by atoms with Crippen molar-refractivity contribution in [2.24, 2.45) is 0 Å². The topological polar surface area (TPSA) is 90.7 Å². The fraction of sp³-hybridized carbons (Fsp3) is 0.400. The van der Waals surface area contributed by atoms with Gasteiger partial charge in [0.15, 0.2) is 5.76 Å². The Bertz CT molecular complexity index is 752. The molecule has 1 atom stereocenters. The first kappa shape index (κ1) is 16.0. The highest BCUT2D eigenvalue weighted by Gasteiger charge is 2.23. The molecule has 1 aliphatic rings. The van der Waals surface area contributed by atoms with Gasteiger partial charge >= 0.3 is 0 Å². The lowest BCUT2D eigenvalue weighted by Gasteiger charge is -2.14. The summed E-state index contributed by atoms with van der Waals surface area (Å²) in [7, 11) is -2.25. The molecule has 1 aromatic heterocycles. The molecule has 0 amide bonds. The zero-order chi connectivity index (χ0) is 16.3. The van der Waals surface area contributed by atoms with Crippen molar-refractivity contribution in [3.63, 3.8) is 0 Å². The van der Waals surface area contributed by atoms with Crippen molar-refractivity contribution in [1.82, 2.24) is 9.88 Å². The largest absolute Gasteiger partial charge is 0.495 e. The van der Waals surface area contributed by atoms with Gasteiger partial charge in [-0.15, -0.1) is 0 Å². The molecule has 0 bridgehead atoms. The molecule has 1 aromatic carbocycles. The van der Waals surface area contributed by atoms with Crippen LogP contribution in [0, 0.1) is 0 Å². The van der Waals surface area contributed by atoms with Crippen molar-refractivity contribution in [2.75, 3.05) is 20.3 Å². The van der Waals surface area contributed by atoms with Crippen molar-refractivity contribution >= 4 is 10.0 Å². The third kappa shape index (κ3) is 3.54. The first-order valence-corrected chi connectivity index (χ1v) is 8.79. The summed E-state index contributed by atoms with van der Waals surface area (Å²) >= 11 is 0. The third-order valence-corrected chi connectivity index (χ3v) is 5.16. The molecule has 1 unspecified atom stereocenters. The molecule has 8 heteroatoms. The minimum absolute atomic E-state index is 0.0655. The van der Waals surface area contributed by atoms with Gasteiger partial charge in [-0.2, -0.15) is 0 Å². The smallest absolute Gasteiger partial charge is 0.244 e. The highest BCUT2D eigenvalue weighted by molar-refractivity contribution is 7.89. The maximum Gasteiger partial charge on any atom is 0.244 e. The first-order chi connectivity index (χ1) is 11.1. The maximum absolute atomic E-state index is 12.5. The molecular formula is C15H18N2O5S. The van der Waals surface area contributed by atoms with Crippen molar-refractivity contribution in [3.8, 4) is 17.1 Å². The Morgan fingerprint density at radius 2 is 2.26 bits per heavy atom. The Balaban J connectivity index is 1.82. The van der Waals surface area contributed by atoms with Crippen molar-refractivity contribution < 1.29 is 22.4 Å². The number of hydrogen-bond donors (Lipinski definition) is 1. The van der Waals surface area contributed by atoms with Gasteiger partial charge in [0, 0.05) is 24.8 Å². The summed E-state index contributed by atoms with van der Waals surface area (Å²) in [6, 6.07) is 6.46. The van der Waals surface area contributed by atoms with E-state index in [1.165, 1.54) is 19.4 Å². The number of nitrogens with one attached hydrogen (secondary N) is 1. The quantitative estimate of drug-likeness (QED) is 0.864. The van der Waals surface area contributed by atoms with E-state index in [4.69, 9.17) is 14.0 Å². The van der Waals surface area contributed by atoms with Crippen LogP contribution in [-0.2, 0) is 14.8 Å². The molecule has 0 radical (unpaired) electrons. The molecule has 1 saturated heterocycles. The van der Waals surface area contributed by atoms with Gasteiger partial charge in [-0.25, -0.2) is 13.1 Å². The van der Waals surface area contributed by atoms with E-state index in [2.05, 4.69) is 9.88 Å². The van der Waals surface area contributed by atoms with Gasteiger partial charge in [-0.05, 0) is 31.0 Å². The Labute approximate surface area is 134 Å². The fourth-order valence-electron chi connectivity index (χ4n) is 2.49.